The van der Waals surface area contributed by atoms with Crippen LogP contribution in [0.4, 0.5) is 0 Å². The molecule has 1 heterocycles. The van der Waals surface area contributed by atoms with E-state index in [1.165, 1.54) is 0 Å². The molecule has 15 heavy (non-hydrogen) atoms. The lowest BCUT2D eigenvalue weighted by Gasteiger charge is -2.08. The Hall–Kier alpha value is -1.53. The molecule has 2 nitrogen and oxygen atoms in total. The zero-order chi connectivity index (χ0) is 11.1. The van der Waals surface area contributed by atoms with Crippen molar-refractivity contribution >= 4 is 15.2 Å². The second-order valence-corrected chi connectivity index (χ2v) is 2.99. The summed E-state index contributed by atoms with van der Waals surface area (Å²) in [5.41, 5.74) is 0.883. The van der Waals surface area contributed by atoms with Gasteiger partial charge < -0.3 is 9.09 Å². The quantitative estimate of drug-likeness (QED) is 0.420. The van der Waals surface area contributed by atoms with Gasteiger partial charge in [0.1, 0.15) is 5.76 Å². The predicted octanol–water partition coefficient (Wildman–Crippen LogP) is 3.39. The molecule has 0 saturated heterocycles. The highest BCUT2D eigenvalue weighted by molar-refractivity contribution is 7.10. The number of hydrogen-bond donors (Lipinski definition) is 0. The molecule has 0 aromatic carbocycles. The van der Waals surface area contributed by atoms with E-state index in [1.54, 1.807) is 12.2 Å². The third kappa shape index (κ3) is 2.97. The lowest BCUT2D eigenvalue weighted by Crippen LogP contribution is -1.94. The van der Waals surface area contributed by atoms with Crippen molar-refractivity contribution < 1.29 is 4.52 Å². The van der Waals surface area contributed by atoms with Crippen molar-refractivity contribution in [2.45, 2.75) is 0 Å². The van der Waals surface area contributed by atoms with Crippen LogP contribution in [-0.4, -0.2) is 4.57 Å². The SMILES string of the molecule is C=C/C=C\C(OP)=C(/C=C)n1cccc1. The Morgan fingerprint density at radius 1 is 1.27 bits per heavy atom. The van der Waals surface area contributed by atoms with E-state index in [2.05, 4.69) is 22.6 Å². The number of hydrogen-bond acceptors (Lipinski definition) is 1. The van der Waals surface area contributed by atoms with Gasteiger partial charge in [0.25, 0.3) is 0 Å². The summed E-state index contributed by atoms with van der Waals surface area (Å²) in [5.74, 6) is 0.714. The zero-order valence-corrected chi connectivity index (χ0v) is 9.62. The van der Waals surface area contributed by atoms with Crippen LogP contribution in [-0.2, 0) is 4.52 Å². The zero-order valence-electron chi connectivity index (χ0n) is 8.47. The molecular weight excluding hydrogens is 205 g/mol. The van der Waals surface area contributed by atoms with Crippen LogP contribution in [0, 0.1) is 0 Å². The van der Waals surface area contributed by atoms with E-state index in [4.69, 9.17) is 4.52 Å². The van der Waals surface area contributed by atoms with Crippen molar-refractivity contribution in [1.82, 2.24) is 4.57 Å². The number of aromatic nitrogens is 1. The van der Waals surface area contributed by atoms with Crippen LogP contribution in [0.15, 0.2) is 67.7 Å². The fourth-order valence-electron chi connectivity index (χ4n) is 1.17. The lowest BCUT2D eigenvalue weighted by atomic mass is 10.3. The molecule has 0 aliphatic rings. The monoisotopic (exact) mass is 219 g/mol. The average molecular weight is 219 g/mol. The molecule has 78 valence electrons. The van der Waals surface area contributed by atoms with Gasteiger partial charge in [-0.25, -0.2) is 0 Å². The fraction of sp³-hybridized carbons (Fsp3) is 0. The minimum atomic E-state index is 0.714. The molecule has 0 radical (unpaired) electrons. The molecule has 1 aromatic heterocycles. The number of rotatable bonds is 5. The summed E-state index contributed by atoms with van der Waals surface area (Å²) in [6.45, 7) is 7.38. The van der Waals surface area contributed by atoms with E-state index in [-0.39, 0.29) is 0 Å². The first-order valence-electron chi connectivity index (χ1n) is 4.49. The molecule has 0 amide bonds. The maximum absolute atomic E-state index is 5.20. The maximum Gasteiger partial charge on any atom is 0.146 e. The standard InChI is InChI=1S/C12H14NOP/c1-3-5-8-12(14-15)11(4-2)13-9-6-7-10-13/h3-10H,1-2,15H2/b8-5-,12-11-. The second kappa shape index (κ2) is 6.05. The van der Waals surface area contributed by atoms with Crippen LogP contribution < -0.4 is 0 Å². The van der Waals surface area contributed by atoms with Crippen molar-refractivity contribution in [2.24, 2.45) is 0 Å². The van der Waals surface area contributed by atoms with E-state index in [1.807, 2.05) is 41.2 Å². The summed E-state index contributed by atoms with van der Waals surface area (Å²) in [6, 6.07) is 3.89. The Bertz CT molecular complexity index is 388. The van der Waals surface area contributed by atoms with Crippen LogP contribution in [0.3, 0.4) is 0 Å². The summed E-state index contributed by atoms with van der Waals surface area (Å²) in [4.78, 5) is 0. The largest absolute Gasteiger partial charge is 0.478 e. The molecule has 0 aliphatic heterocycles. The smallest absolute Gasteiger partial charge is 0.146 e. The number of allylic oxidation sites excluding steroid dienone is 5. The molecule has 0 saturated carbocycles. The Balaban J connectivity index is 3.14. The van der Waals surface area contributed by atoms with E-state index in [9.17, 15) is 0 Å². The Morgan fingerprint density at radius 2 is 1.93 bits per heavy atom. The number of nitrogens with zero attached hydrogens (tertiary/aromatic N) is 1. The highest BCUT2D eigenvalue weighted by Gasteiger charge is 2.01. The molecule has 1 aromatic rings. The van der Waals surface area contributed by atoms with Gasteiger partial charge in [0.05, 0.1) is 15.2 Å². The molecule has 3 heteroatoms. The van der Waals surface area contributed by atoms with Crippen molar-refractivity contribution in [1.29, 1.82) is 0 Å². The third-order valence-electron chi connectivity index (χ3n) is 1.84. The van der Waals surface area contributed by atoms with Crippen LogP contribution in [0.25, 0.3) is 5.70 Å². The summed E-state index contributed by atoms with van der Waals surface area (Å²) >= 11 is 0. The first-order chi connectivity index (χ1) is 7.33. The van der Waals surface area contributed by atoms with Crippen molar-refractivity contribution in [3.8, 4) is 0 Å². The summed E-state index contributed by atoms with van der Waals surface area (Å²) in [7, 11) is 2.23. The van der Waals surface area contributed by atoms with Gasteiger partial charge in [-0.1, -0.05) is 25.3 Å². The molecule has 1 rings (SSSR count). The van der Waals surface area contributed by atoms with Gasteiger partial charge in [-0.2, -0.15) is 0 Å². The summed E-state index contributed by atoms with van der Waals surface area (Å²) in [6.07, 6.45) is 10.9. The molecule has 1 atom stereocenters. The fourth-order valence-corrected chi connectivity index (χ4v) is 1.37. The molecule has 0 aliphatic carbocycles. The van der Waals surface area contributed by atoms with E-state index in [0.29, 0.717) is 5.76 Å². The molecular formula is C12H14NOP. The van der Waals surface area contributed by atoms with Crippen molar-refractivity contribution in [2.75, 3.05) is 0 Å². The Morgan fingerprint density at radius 3 is 2.40 bits per heavy atom. The van der Waals surface area contributed by atoms with Crippen LogP contribution in [0.1, 0.15) is 0 Å². The minimum Gasteiger partial charge on any atom is -0.478 e. The molecule has 0 fully saturated rings. The van der Waals surface area contributed by atoms with Gasteiger partial charge >= 0.3 is 0 Å². The third-order valence-corrected chi connectivity index (χ3v) is 2.09. The van der Waals surface area contributed by atoms with Crippen molar-refractivity contribution in [3.05, 3.63) is 67.7 Å². The maximum atomic E-state index is 5.20. The summed E-state index contributed by atoms with van der Waals surface area (Å²) < 4.78 is 7.13. The normalized spacial score (nSPS) is 12.3. The van der Waals surface area contributed by atoms with Gasteiger partial charge in [-0.05, 0) is 24.3 Å². The topological polar surface area (TPSA) is 14.2 Å². The van der Waals surface area contributed by atoms with Gasteiger partial charge in [0, 0.05) is 12.4 Å². The van der Waals surface area contributed by atoms with Gasteiger partial charge in [-0.15, -0.1) is 0 Å². The first-order valence-corrected chi connectivity index (χ1v) is 4.96. The Labute approximate surface area is 92.5 Å². The van der Waals surface area contributed by atoms with Crippen LogP contribution >= 0.6 is 9.47 Å². The molecule has 0 spiro atoms. The van der Waals surface area contributed by atoms with Gasteiger partial charge in [0.2, 0.25) is 0 Å². The van der Waals surface area contributed by atoms with Crippen molar-refractivity contribution in [3.63, 3.8) is 0 Å². The van der Waals surface area contributed by atoms with E-state index >= 15 is 0 Å². The van der Waals surface area contributed by atoms with Crippen LogP contribution in [0.5, 0.6) is 0 Å². The lowest BCUT2D eigenvalue weighted by molar-refractivity contribution is 0.520. The highest BCUT2D eigenvalue weighted by Crippen LogP contribution is 2.17. The molecule has 0 bridgehead atoms. The first kappa shape index (κ1) is 11.5. The minimum absolute atomic E-state index is 0.714. The molecule has 1 unspecified atom stereocenters. The predicted molar refractivity (Wildman–Crippen MR) is 68.0 cm³/mol. The van der Waals surface area contributed by atoms with E-state index in [0.717, 1.165) is 5.70 Å². The van der Waals surface area contributed by atoms with Gasteiger partial charge in [0.15, 0.2) is 0 Å². The van der Waals surface area contributed by atoms with E-state index < -0.39 is 0 Å². The second-order valence-electron chi connectivity index (χ2n) is 2.76. The summed E-state index contributed by atoms with van der Waals surface area (Å²) in [5, 5.41) is 0. The molecule has 0 N–H and O–H groups in total. The average Bonchev–Trinajstić information content (AvgIpc) is 2.77. The van der Waals surface area contributed by atoms with Gasteiger partial charge in [-0.3, -0.25) is 0 Å². The highest BCUT2D eigenvalue weighted by atomic mass is 31.0. The van der Waals surface area contributed by atoms with Crippen LogP contribution in [0.2, 0.25) is 0 Å². The Kier molecular flexibility index (Phi) is 4.65.